The zero-order valence-corrected chi connectivity index (χ0v) is 8.08. The lowest BCUT2D eigenvalue weighted by molar-refractivity contribution is -0.148. The number of nitrogens with zero attached hydrogens (tertiary/aromatic N) is 1. The Morgan fingerprint density at radius 3 is 2.85 bits per heavy atom. The molecule has 1 aliphatic heterocycles. The molecule has 1 saturated heterocycles. The van der Waals surface area contributed by atoms with Gasteiger partial charge in [0.15, 0.2) is 0 Å². The first-order valence-electron chi connectivity index (χ1n) is 4.55. The van der Waals surface area contributed by atoms with Gasteiger partial charge >= 0.3 is 5.97 Å². The molecule has 1 amide bonds. The molecule has 0 radical (unpaired) electrons. The summed E-state index contributed by atoms with van der Waals surface area (Å²) in [5.41, 5.74) is 0. The van der Waals surface area contributed by atoms with Gasteiger partial charge in [0.05, 0.1) is 12.5 Å². The van der Waals surface area contributed by atoms with Crippen LogP contribution in [0.25, 0.3) is 0 Å². The van der Waals surface area contributed by atoms with E-state index in [4.69, 9.17) is 4.74 Å². The number of esters is 1. The third kappa shape index (κ3) is 2.44. The fraction of sp³-hybridized carbons (Fsp3) is 0.778. The summed E-state index contributed by atoms with van der Waals surface area (Å²) in [5, 5.41) is 0. The van der Waals surface area contributed by atoms with Crippen LogP contribution < -0.4 is 0 Å². The van der Waals surface area contributed by atoms with Crippen molar-refractivity contribution in [2.24, 2.45) is 5.92 Å². The highest BCUT2D eigenvalue weighted by Gasteiger charge is 2.32. The molecule has 0 aromatic heterocycles. The predicted octanol–water partition coefficient (Wildman–Crippen LogP) is 0.418. The van der Waals surface area contributed by atoms with E-state index in [-0.39, 0.29) is 17.8 Å². The Morgan fingerprint density at radius 1 is 1.69 bits per heavy atom. The minimum Gasteiger partial charge on any atom is -0.465 e. The molecule has 1 fully saturated rings. The Hall–Kier alpha value is -1.06. The maximum atomic E-state index is 11.3. The summed E-state index contributed by atoms with van der Waals surface area (Å²) in [4.78, 5) is 23.9. The zero-order valence-electron chi connectivity index (χ0n) is 8.08. The summed E-state index contributed by atoms with van der Waals surface area (Å²) < 4.78 is 4.95. The first-order valence-corrected chi connectivity index (χ1v) is 4.55. The van der Waals surface area contributed by atoms with Gasteiger partial charge < -0.3 is 9.64 Å². The van der Waals surface area contributed by atoms with Gasteiger partial charge in [-0.2, -0.15) is 0 Å². The molecule has 0 aliphatic carbocycles. The third-order valence-electron chi connectivity index (χ3n) is 2.12. The van der Waals surface area contributed by atoms with Crippen LogP contribution in [-0.4, -0.2) is 37.0 Å². The van der Waals surface area contributed by atoms with Gasteiger partial charge in [0.1, 0.15) is 0 Å². The highest BCUT2D eigenvalue weighted by molar-refractivity contribution is 5.86. The number of amides is 1. The fourth-order valence-corrected chi connectivity index (χ4v) is 1.34. The van der Waals surface area contributed by atoms with E-state index in [0.717, 1.165) is 6.42 Å². The van der Waals surface area contributed by atoms with E-state index in [0.29, 0.717) is 19.6 Å². The van der Waals surface area contributed by atoms with E-state index in [2.05, 4.69) is 0 Å². The molecule has 1 heterocycles. The van der Waals surface area contributed by atoms with Gasteiger partial charge in [-0.15, -0.1) is 0 Å². The average Bonchev–Trinajstić information content (AvgIpc) is 2.43. The molecule has 4 heteroatoms. The van der Waals surface area contributed by atoms with Gasteiger partial charge in [-0.3, -0.25) is 9.59 Å². The van der Waals surface area contributed by atoms with Crippen LogP contribution >= 0.6 is 0 Å². The normalized spacial score (nSPS) is 22.2. The van der Waals surface area contributed by atoms with Crippen molar-refractivity contribution in [2.75, 3.05) is 20.2 Å². The third-order valence-corrected chi connectivity index (χ3v) is 2.12. The molecule has 74 valence electrons. The monoisotopic (exact) mass is 185 g/mol. The van der Waals surface area contributed by atoms with Gasteiger partial charge in [0.25, 0.3) is 0 Å². The van der Waals surface area contributed by atoms with E-state index in [1.807, 2.05) is 6.92 Å². The number of hydrogen-bond acceptors (Lipinski definition) is 3. The number of likely N-dealkylation sites (tertiary alicyclic amines) is 1. The lowest BCUT2D eigenvalue weighted by atomic mass is 10.1. The second kappa shape index (κ2) is 4.25. The SMILES string of the molecule is CCCOC(=O)C1CC(=O)N(C)C1. The van der Waals surface area contributed by atoms with Crippen molar-refractivity contribution in [2.45, 2.75) is 19.8 Å². The van der Waals surface area contributed by atoms with Crippen LogP contribution in [0.1, 0.15) is 19.8 Å². The van der Waals surface area contributed by atoms with Crippen LogP contribution in [0.2, 0.25) is 0 Å². The Morgan fingerprint density at radius 2 is 2.38 bits per heavy atom. The number of rotatable bonds is 3. The maximum Gasteiger partial charge on any atom is 0.311 e. The molecular weight excluding hydrogens is 170 g/mol. The van der Waals surface area contributed by atoms with Crippen LogP contribution in [0.4, 0.5) is 0 Å². The first-order chi connectivity index (χ1) is 6.15. The van der Waals surface area contributed by atoms with Gasteiger partial charge in [0, 0.05) is 20.0 Å². The fourth-order valence-electron chi connectivity index (χ4n) is 1.34. The molecule has 0 saturated carbocycles. The van der Waals surface area contributed by atoms with Crippen molar-refractivity contribution >= 4 is 11.9 Å². The van der Waals surface area contributed by atoms with E-state index in [1.165, 1.54) is 0 Å². The largest absolute Gasteiger partial charge is 0.465 e. The van der Waals surface area contributed by atoms with E-state index < -0.39 is 0 Å². The van der Waals surface area contributed by atoms with Crippen LogP contribution in [0.3, 0.4) is 0 Å². The molecule has 0 spiro atoms. The number of carbonyl (C=O) groups excluding carboxylic acids is 2. The van der Waals surface area contributed by atoms with Crippen LogP contribution in [0.5, 0.6) is 0 Å². The van der Waals surface area contributed by atoms with E-state index >= 15 is 0 Å². The van der Waals surface area contributed by atoms with Crippen molar-refractivity contribution in [3.8, 4) is 0 Å². The van der Waals surface area contributed by atoms with Gasteiger partial charge in [-0.05, 0) is 6.42 Å². The Balaban J connectivity index is 2.37. The second-order valence-electron chi connectivity index (χ2n) is 3.34. The minimum absolute atomic E-state index is 0.0263. The first kappa shape index (κ1) is 10.0. The highest BCUT2D eigenvalue weighted by Crippen LogP contribution is 2.17. The van der Waals surface area contributed by atoms with Crippen molar-refractivity contribution < 1.29 is 14.3 Å². The smallest absolute Gasteiger partial charge is 0.311 e. The van der Waals surface area contributed by atoms with E-state index in [1.54, 1.807) is 11.9 Å². The van der Waals surface area contributed by atoms with E-state index in [9.17, 15) is 9.59 Å². The van der Waals surface area contributed by atoms with Gasteiger partial charge in [0.2, 0.25) is 5.91 Å². The quantitative estimate of drug-likeness (QED) is 0.598. The summed E-state index contributed by atoms with van der Waals surface area (Å²) in [7, 11) is 1.70. The Bertz CT molecular complexity index is 215. The summed E-state index contributed by atoms with van der Waals surface area (Å²) in [5.74, 6) is -0.456. The molecular formula is C9H15NO3. The predicted molar refractivity (Wildman–Crippen MR) is 47.0 cm³/mol. The summed E-state index contributed by atoms with van der Waals surface area (Å²) in [6.07, 6.45) is 1.13. The Kier molecular flexibility index (Phi) is 3.28. The minimum atomic E-state index is -0.246. The molecule has 0 bridgehead atoms. The molecule has 1 rings (SSSR count). The van der Waals surface area contributed by atoms with Crippen LogP contribution in [0.15, 0.2) is 0 Å². The van der Waals surface area contributed by atoms with Crippen molar-refractivity contribution in [1.29, 1.82) is 0 Å². The lowest BCUT2D eigenvalue weighted by Crippen LogP contribution is -2.22. The summed E-state index contributed by atoms with van der Waals surface area (Å²) in [6.45, 7) is 2.90. The highest BCUT2D eigenvalue weighted by atomic mass is 16.5. The molecule has 1 unspecified atom stereocenters. The lowest BCUT2D eigenvalue weighted by Gasteiger charge is -2.09. The van der Waals surface area contributed by atoms with Crippen molar-refractivity contribution in [3.63, 3.8) is 0 Å². The number of hydrogen-bond donors (Lipinski definition) is 0. The average molecular weight is 185 g/mol. The second-order valence-corrected chi connectivity index (χ2v) is 3.34. The molecule has 1 aliphatic rings. The standard InChI is InChI=1S/C9H15NO3/c1-3-4-13-9(12)7-5-8(11)10(2)6-7/h7H,3-6H2,1-2H3. The maximum absolute atomic E-state index is 11.3. The molecule has 0 aromatic carbocycles. The van der Waals surface area contributed by atoms with Crippen LogP contribution in [-0.2, 0) is 14.3 Å². The van der Waals surface area contributed by atoms with Crippen molar-refractivity contribution in [3.05, 3.63) is 0 Å². The molecule has 0 N–H and O–H groups in total. The number of carbonyl (C=O) groups is 2. The zero-order chi connectivity index (χ0) is 9.84. The topological polar surface area (TPSA) is 46.6 Å². The van der Waals surface area contributed by atoms with Gasteiger partial charge in [-0.25, -0.2) is 0 Å². The molecule has 13 heavy (non-hydrogen) atoms. The molecule has 4 nitrogen and oxygen atoms in total. The van der Waals surface area contributed by atoms with Gasteiger partial charge in [-0.1, -0.05) is 6.92 Å². The molecule has 0 aromatic rings. The summed E-state index contributed by atoms with van der Waals surface area (Å²) in [6, 6.07) is 0. The van der Waals surface area contributed by atoms with Crippen molar-refractivity contribution in [1.82, 2.24) is 4.90 Å². The van der Waals surface area contributed by atoms with Crippen LogP contribution in [0, 0.1) is 5.92 Å². The molecule has 1 atom stereocenters. The summed E-state index contributed by atoms with van der Waals surface area (Å²) >= 11 is 0. The number of ether oxygens (including phenoxy) is 1. The Labute approximate surface area is 77.8 Å².